The van der Waals surface area contributed by atoms with E-state index in [9.17, 15) is 0 Å². The first kappa shape index (κ1) is 15.3. The molecule has 0 bridgehead atoms. The van der Waals surface area contributed by atoms with Crippen molar-refractivity contribution in [2.24, 2.45) is 0 Å². The fourth-order valence-electron chi connectivity index (χ4n) is 2.91. The number of tetrazole rings is 1. The van der Waals surface area contributed by atoms with Gasteiger partial charge in [-0.05, 0) is 29.5 Å². The molecule has 1 unspecified atom stereocenters. The van der Waals surface area contributed by atoms with Gasteiger partial charge in [-0.15, -0.1) is 5.10 Å². The molecule has 3 heterocycles. The van der Waals surface area contributed by atoms with Crippen molar-refractivity contribution in [3.8, 4) is 5.69 Å². The van der Waals surface area contributed by atoms with Crippen LogP contribution in [0.1, 0.15) is 18.3 Å². The van der Waals surface area contributed by atoms with Gasteiger partial charge in [0.15, 0.2) is 0 Å². The Balaban J connectivity index is 1.40. The zero-order valence-corrected chi connectivity index (χ0v) is 14.3. The number of para-hydroxylation sites is 1. The van der Waals surface area contributed by atoms with E-state index in [-0.39, 0.29) is 0 Å². The maximum absolute atomic E-state index is 4.37. The van der Waals surface area contributed by atoms with Crippen molar-refractivity contribution in [2.45, 2.75) is 31.1 Å². The molecule has 3 aromatic rings. The van der Waals surface area contributed by atoms with Gasteiger partial charge in [-0.25, -0.2) is 4.98 Å². The largest absolute Gasteiger partial charge is 0.347 e. The highest BCUT2D eigenvalue weighted by molar-refractivity contribution is 7.99. The summed E-state index contributed by atoms with van der Waals surface area (Å²) in [6.07, 6.45) is 2.80. The third-order valence-corrected chi connectivity index (χ3v) is 5.49. The maximum Gasteiger partial charge on any atom is 0.214 e. The molecule has 1 N–H and O–H groups in total. The highest BCUT2D eigenvalue weighted by Crippen LogP contribution is 2.23. The summed E-state index contributed by atoms with van der Waals surface area (Å²) < 4.78 is 1.79. The first-order valence-electron chi connectivity index (χ1n) is 8.03. The summed E-state index contributed by atoms with van der Waals surface area (Å²) >= 11 is 1.69. The number of nitrogens with zero attached hydrogens (tertiary/aromatic N) is 6. The average Bonchev–Trinajstić information content (AvgIpc) is 3.28. The number of nitrogens with one attached hydrogen (secondary N) is 1. The Labute approximate surface area is 144 Å². The molecule has 2 aromatic heterocycles. The van der Waals surface area contributed by atoms with E-state index in [2.05, 4.69) is 37.3 Å². The van der Waals surface area contributed by atoms with E-state index >= 15 is 0 Å². The van der Waals surface area contributed by atoms with Gasteiger partial charge in [0.25, 0.3) is 0 Å². The number of benzene rings is 1. The summed E-state index contributed by atoms with van der Waals surface area (Å²) in [6.45, 7) is 4.23. The van der Waals surface area contributed by atoms with Crippen LogP contribution in [0.5, 0.6) is 0 Å². The lowest BCUT2D eigenvalue weighted by atomic mass is 10.1. The molecular weight excluding hydrogens is 322 g/mol. The van der Waals surface area contributed by atoms with Crippen molar-refractivity contribution in [2.75, 3.05) is 12.3 Å². The van der Waals surface area contributed by atoms with Crippen molar-refractivity contribution < 1.29 is 0 Å². The fourth-order valence-corrected chi connectivity index (χ4v) is 3.87. The third-order valence-electron chi connectivity index (χ3n) is 4.32. The van der Waals surface area contributed by atoms with Crippen LogP contribution in [0.3, 0.4) is 0 Å². The first-order valence-corrected chi connectivity index (χ1v) is 9.01. The second-order valence-corrected chi connectivity index (χ2v) is 6.90. The van der Waals surface area contributed by atoms with Crippen LogP contribution in [0.2, 0.25) is 0 Å². The van der Waals surface area contributed by atoms with Gasteiger partial charge in [-0.3, -0.25) is 4.90 Å². The minimum Gasteiger partial charge on any atom is -0.347 e. The smallest absolute Gasteiger partial charge is 0.214 e. The Bertz CT molecular complexity index is 798. The maximum atomic E-state index is 4.37. The summed E-state index contributed by atoms with van der Waals surface area (Å²) in [5, 5.41) is 12.9. The van der Waals surface area contributed by atoms with Gasteiger partial charge in [-0.1, -0.05) is 30.0 Å². The molecule has 0 fully saturated rings. The summed E-state index contributed by atoms with van der Waals surface area (Å²) in [5.74, 6) is 0.941. The number of rotatable bonds is 5. The Morgan fingerprint density at radius 3 is 3.04 bits per heavy atom. The predicted molar refractivity (Wildman–Crippen MR) is 92.0 cm³/mol. The summed E-state index contributed by atoms with van der Waals surface area (Å²) in [5.41, 5.74) is 3.43. The number of aromatic amines is 1. The molecule has 0 saturated heterocycles. The number of H-pyrrole nitrogens is 1. The first-order chi connectivity index (χ1) is 11.8. The van der Waals surface area contributed by atoms with E-state index < -0.39 is 0 Å². The summed E-state index contributed by atoms with van der Waals surface area (Å²) in [6, 6.07) is 10.4. The van der Waals surface area contributed by atoms with Crippen LogP contribution in [0.25, 0.3) is 5.69 Å². The highest BCUT2D eigenvalue weighted by atomic mass is 32.2. The topological polar surface area (TPSA) is 75.5 Å². The van der Waals surface area contributed by atoms with E-state index in [1.165, 1.54) is 11.4 Å². The third kappa shape index (κ3) is 3.07. The molecule has 4 rings (SSSR count). The quantitative estimate of drug-likeness (QED) is 0.715. The monoisotopic (exact) mass is 341 g/mol. The van der Waals surface area contributed by atoms with Crippen molar-refractivity contribution in [1.29, 1.82) is 0 Å². The molecule has 1 aromatic carbocycles. The SMILES string of the molecule is CC(CSc1nnnn1-c1ccccc1)N1CCc2nc[nH]c2C1. The van der Waals surface area contributed by atoms with Crippen LogP contribution >= 0.6 is 11.8 Å². The Morgan fingerprint density at radius 1 is 1.29 bits per heavy atom. The van der Waals surface area contributed by atoms with Crippen molar-refractivity contribution in [3.63, 3.8) is 0 Å². The molecule has 124 valence electrons. The van der Waals surface area contributed by atoms with E-state index in [0.29, 0.717) is 6.04 Å². The molecule has 0 amide bonds. The van der Waals surface area contributed by atoms with Crippen molar-refractivity contribution in [3.05, 3.63) is 48.0 Å². The van der Waals surface area contributed by atoms with E-state index in [0.717, 1.165) is 36.1 Å². The van der Waals surface area contributed by atoms with E-state index in [4.69, 9.17) is 0 Å². The Morgan fingerprint density at radius 2 is 2.17 bits per heavy atom. The zero-order valence-electron chi connectivity index (χ0n) is 13.5. The zero-order chi connectivity index (χ0) is 16.4. The summed E-state index contributed by atoms with van der Waals surface area (Å²) in [4.78, 5) is 10.1. The van der Waals surface area contributed by atoms with Crippen LogP contribution in [0.15, 0.2) is 41.8 Å². The molecule has 24 heavy (non-hydrogen) atoms. The lowest BCUT2D eigenvalue weighted by Crippen LogP contribution is -2.39. The molecule has 0 saturated carbocycles. The minimum absolute atomic E-state index is 0.437. The standard InChI is InChI=1S/C16H19N7S/c1-12(22-8-7-14-15(9-22)18-11-17-14)10-24-16-19-20-21-23(16)13-5-3-2-4-6-13/h2-6,11-12H,7-10H2,1H3,(H,17,18). The number of aromatic nitrogens is 6. The second-order valence-electron chi connectivity index (χ2n) is 5.92. The van der Waals surface area contributed by atoms with Gasteiger partial charge in [0, 0.05) is 31.3 Å². The van der Waals surface area contributed by atoms with Crippen LogP contribution < -0.4 is 0 Å². The molecule has 7 nitrogen and oxygen atoms in total. The Hall–Kier alpha value is -2.19. The lowest BCUT2D eigenvalue weighted by molar-refractivity contribution is 0.203. The number of imidazole rings is 1. The fraction of sp³-hybridized carbons (Fsp3) is 0.375. The van der Waals surface area contributed by atoms with Crippen LogP contribution in [0.4, 0.5) is 0 Å². The van der Waals surface area contributed by atoms with Gasteiger partial charge in [0.05, 0.1) is 23.4 Å². The van der Waals surface area contributed by atoms with Crippen molar-refractivity contribution in [1.82, 2.24) is 35.1 Å². The van der Waals surface area contributed by atoms with Crippen molar-refractivity contribution >= 4 is 11.8 Å². The molecule has 0 aliphatic carbocycles. The van der Waals surface area contributed by atoms with E-state index in [1.807, 2.05) is 30.3 Å². The van der Waals surface area contributed by atoms with Gasteiger partial charge < -0.3 is 4.98 Å². The molecular formula is C16H19N7S. The molecule has 1 atom stereocenters. The predicted octanol–water partition coefficient (Wildman–Crippen LogP) is 1.92. The highest BCUT2D eigenvalue weighted by Gasteiger charge is 2.23. The number of fused-ring (bicyclic) bond motifs is 1. The summed E-state index contributed by atoms with van der Waals surface area (Å²) in [7, 11) is 0. The minimum atomic E-state index is 0.437. The van der Waals surface area contributed by atoms with E-state index in [1.54, 1.807) is 22.8 Å². The molecule has 1 aliphatic heterocycles. The van der Waals surface area contributed by atoms with Gasteiger partial charge in [0.1, 0.15) is 0 Å². The molecule has 0 spiro atoms. The molecule has 0 radical (unpaired) electrons. The van der Waals surface area contributed by atoms with Crippen LogP contribution in [0, 0.1) is 0 Å². The normalized spacial score (nSPS) is 16.0. The van der Waals surface area contributed by atoms with Gasteiger partial charge >= 0.3 is 0 Å². The Kier molecular flexibility index (Phi) is 4.31. The van der Waals surface area contributed by atoms with Crippen LogP contribution in [-0.2, 0) is 13.0 Å². The van der Waals surface area contributed by atoms with Gasteiger partial charge in [-0.2, -0.15) is 4.68 Å². The van der Waals surface area contributed by atoms with Gasteiger partial charge in [0.2, 0.25) is 5.16 Å². The van der Waals surface area contributed by atoms with Crippen LogP contribution in [-0.4, -0.2) is 53.4 Å². The number of hydrogen-bond acceptors (Lipinski definition) is 6. The molecule has 8 heteroatoms. The number of thioether (sulfide) groups is 1. The average molecular weight is 341 g/mol. The molecule has 1 aliphatic rings. The lowest BCUT2D eigenvalue weighted by Gasteiger charge is -2.31. The number of hydrogen-bond donors (Lipinski definition) is 1. The second kappa shape index (κ2) is 6.74.